The molecule has 1 aliphatic rings. The molecule has 148 valence electrons. The lowest BCUT2D eigenvalue weighted by Gasteiger charge is -2.28. The highest BCUT2D eigenvalue weighted by atomic mass is 16.4. The number of nitrogens with one attached hydrogen (secondary N) is 1. The fourth-order valence-electron chi connectivity index (χ4n) is 3.69. The summed E-state index contributed by atoms with van der Waals surface area (Å²) in [6.45, 7) is 3.72. The van der Waals surface area contributed by atoms with Gasteiger partial charge in [-0.3, -0.25) is 9.69 Å². The maximum Gasteiger partial charge on any atom is 0.326 e. The van der Waals surface area contributed by atoms with E-state index in [1.807, 2.05) is 42.5 Å². The molecule has 0 aromatic heterocycles. The summed E-state index contributed by atoms with van der Waals surface area (Å²) in [7, 11) is 2.05. The molecule has 0 aliphatic carbocycles. The van der Waals surface area contributed by atoms with Crippen molar-refractivity contribution in [3.8, 4) is 0 Å². The first-order valence-electron chi connectivity index (χ1n) is 9.53. The predicted octanol–water partition coefficient (Wildman–Crippen LogP) is 2.14. The molecule has 0 unspecified atom stereocenters. The molecule has 2 N–H and O–H groups in total. The Labute approximate surface area is 165 Å². The van der Waals surface area contributed by atoms with Crippen LogP contribution in [0, 0.1) is 0 Å². The Kier molecular flexibility index (Phi) is 6.31. The molecule has 1 aliphatic heterocycles. The molecule has 0 bridgehead atoms. The van der Waals surface area contributed by atoms with E-state index < -0.39 is 12.0 Å². The predicted molar refractivity (Wildman–Crippen MR) is 109 cm³/mol. The van der Waals surface area contributed by atoms with E-state index in [4.69, 9.17) is 0 Å². The molecule has 0 radical (unpaired) electrons. The van der Waals surface area contributed by atoms with Crippen molar-refractivity contribution in [2.24, 2.45) is 0 Å². The molecule has 6 heteroatoms. The number of carbonyl (C=O) groups excluding carboxylic acids is 1. The minimum atomic E-state index is -1.02. The molecule has 1 heterocycles. The van der Waals surface area contributed by atoms with Crippen LogP contribution in [0.1, 0.15) is 18.1 Å². The summed E-state index contributed by atoms with van der Waals surface area (Å²) in [6.07, 6.45) is 0.267. The Morgan fingerprint density at radius 2 is 1.82 bits per heavy atom. The van der Waals surface area contributed by atoms with Gasteiger partial charge in [0.05, 0.1) is 6.54 Å². The van der Waals surface area contributed by atoms with Crippen molar-refractivity contribution in [2.45, 2.75) is 32.0 Å². The summed E-state index contributed by atoms with van der Waals surface area (Å²) in [5.41, 5.74) is 3.22. The Morgan fingerprint density at radius 1 is 1.14 bits per heavy atom. The number of hydrogen-bond acceptors (Lipinski definition) is 4. The van der Waals surface area contributed by atoms with Crippen LogP contribution in [-0.4, -0.2) is 54.1 Å². The van der Waals surface area contributed by atoms with E-state index in [1.165, 1.54) is 11.3 Å². The molecule has 0 fully saturated rings. The number of carboxylic acid groups (broad SMARTS) is 1. The van der Waals surface area contributed by atoms with E-state index >= 15 is 0 Å². The molecule has 1 amide bonds. The lowest BCUT2D eigenvalue weighted by atomic mass is 10.1. The number of amides is 1. The van der Waals surface area contributed by atoms with E-state index in [0.717, 1.165) is 12.1 Å². The monoisotopic (exact) mass is 381 g/mol. The van der Waals surface area contributed by atoms with Gasteiger partial charge in [0.15, 0.2) is 0 Å². The second-order valence-electron chi connectivity index (χ2n) is 7.41. The second-order valence-corrected chi connectivity index (χ2v) is 7.41. The first kappa shape index (κ1) is 19.9. The van der Waals surface area contributed by atoms with Crippen LogP contribution in [0.2, 0.25) is 0 Å². The zero-order chi connectivity index (χ0) is 20.1. The molecule has 2 atom stereocenters. The topological polar surface area (TPSA) is 72.9 Å². The van der Waals surface area contributed by atoms with E-state index in [0.29, 0.717) is 6.54 Å². The number of carbonyl (C=O) groups is 2. The van der Waals surface area contributed by atoms with Gasteiger partial charge < -0.3 is 15.3 Å². The fourth-order valence-corrected chi connectivity index (χ4v) is 3.69. The second kappa shape index (κ2) is 8.89. The Balaban J connectivity index is 1.66. The van der Waals surface area contributed by atoms with Gasteiger partial charge in [0.25, 0.3) is 0 Å². The average Bonchev–Trinajstić information content (AvgIpc) is 2.78. The van der Waals surface area contributed by atoms with Crippen LogP contribution in [0.15, 0.2) is 54.6 Å². The van der Waals surface area contributed by atoms with E-state index in [1.54, 1.807) is 0 Å². The SMILES string of the molecule is C[C@H]1CN(C)c2ccccc2CN1CC(=O)N[C@H](Cc1ccccc1)C(=O)O. The Hall–Kier alpha value is -2.86. The lowest BCUT2D eigenvalue weighted by molar-refractivity contribution is -0.142. The van der Waals surface area contributed by atoms with Gasteiger partial charge in [-0.15, -0.1) is 0 Å². The lowest BCUT2D eigenvalue weighted by Crippen LogP contribution is -2.49. The first-order chi connectivity index (χ1) is 13.4. The number of carboxylic acids is 1. The molecular weight excluding hydrogens is 354 g/mol. The maximum atomic E-state index is 12.6. The van der Waals surface area contributed by atoms with Crippen LogP contribution in [0.4, 0.5) is 5.69 Å². The van der Waals surface area contributed by atoms with Crippen LogP contribution < -0.4 is 10.2 Å². The number of rotatable bonds is 6. The number of hydrogen-bond donors (Lipinski definition) is 2. The van der Waals surface area contributed by atoms with Crippen LogP contribution in [0.25, 0.3) is 0 Å². The minimum absolute atomic E-state index is 0.167. The zero-order valence-electron chi connectivity index (χ0n) is 16.3. The summed E-state index contributed by atoms with van der Waals surface area (Å²) in [6, 6.07) is 16.8. The summed E-state index contributed by atoms with van der Waals surface area (Å²) in [4.78, 5) is 28.6. The number of benzene rings is 2. The smallest absolute Gasteiger partial charge is 0.326 e. The van der Waals surface area contributed by atoms with Crippen molar-refractivity contribution in [1.29, 1.82) is 0 Å². The van der Waals surface area contributed by atoms with Crippen molar-refractivity contribution >= 4 is 17.6 Å². The quantitative estimate of drug-likeness (QED) is 0.802. The molecule has 0 saturated carbocycles. The van der Waals surface area contributed by atoms with Crippen LogP contribution in [-0.2, 0) is 22.6 Å². The molecule has 6 nitrogen and oxygen atoms in total. The zero-order valence-corrected chi connectivity index (χ0v) is 16.3. The number of likely N-dealkylation sites (N-methyl/N-ethyl adjacent to an activating group) is 1. The summed E-state index contributed by atoms with van der Waals surface area (Å²) >= 11 is 0. The van der Waals surface area contributed by atoms with E-state index in [9.17, 15) is 14.7 Å². The highest BCUT2D eigenvalue weighted by Crippen LogP contribution is 2.25. The number of anilines is 1. The number of aliphatic carboxylic acids is 1. The third kappa shape index (κ3) is 4.89. The van der Waals surface area contributed by atoms with E-state index in [2.05, 4.69) is 41.2 Å². The Bertz CT molecular complexity index is 825. The number of nitrogens with zero attached hydrogens (tertiary/aromatic N) is 2. The van der Waals surface area contributed by atoms with Gasteiger partial charge in [0.1, 0.15) is 6.04 Å². The normalized spacial score (nSPS) is 18.1. The van der Waals surface area contributed by atoms with Crippen LogP contribution in [0.3, 0.4) is 0 Å². The van der Waals surface area contributed by atoms with Crippen LogP contribution >= 0.6 is 0 Å². The fraction of sp³-hybridized carbons (Fsp3) is 0.364. The van der Waals surface area contributed by atoms with Crippen molar-refractivity contribution in [1.82, 2.24) is 10.2 Å². The van der Waals surface area contributed by atoms with Gasteiger partial charge in [-0.2, -0.15) is 0 Å². The summed E-state index contributed by atoms with van der Waals surface area (Å²) in [5, 5.41) is 12.2. The van der Waals surface area contributed by atoms with Crippen molar-refractivity contribution < 1.29 is 14.7 Å². The third-order valence-corrected chi connectivity index (χ3v) is 5.20. The Morgan fingerprint density at radius 3 is 2.54 bits per heavy atom. The van der Waals surface area contributed by atoms with E-state index in [-0.39, 0.29) is 24.9 Å². The van der Waals surface area contributed by atoms with Crippen molar-refractivity contribution in [3.05, 3.63) is 65.7 Å². The number of para-hydroxylation sites is 1. The summed E-state index contributed by atoms with van der Waals surface area (Å²) < 4.78 is 0. The molecule has 3 rings (SSSR count). The average molecular weight is 381 g/mol. The molecular formula is C22H27N3O3. The van der Waals surface area contributed by atoms with Gasteiger partial charge in [-0.25, -0.2) is 4.79 Å². The van der Waals surface area contributed by atoms with Crippen molar-refractivity contribution in [3.63, 3.8) is 0 Å². The number of fused-ring (bicyclic) bond motifs is 1. The largest absolute Gasteiger partial charge is 0.480 e. The van der Waals surface area contributed by atoms with Gasteiger partial charge in [0, 0.05) is 38.3 Å². The highest BCUT2D eigenvalue weighted by Gasteiger charge is 2.26. The standard InChI is InChI=1S/C22H27N3O3/c1-16-13-24(2)20-11-7-6-10-18(20)14-25(16)15-21(26)23-19(22(27)28)12-17-8-4-3-5-9-17/h3-11,16,19H,12-15H2,1-2H3,(H,23,26)(H,27,28)/t16-,19+/m0/s1. The molecule has 0 spiro atoms. The van der Waals surface area contributed by atoms with Gasteiger partial charge in [-0.1, -0.05) is 48.5 Å². The van der Waals surface area contributed by atoms with Crippen LogP contribution in [0.5, 0.6) is 0 Å². The highest BCUT2D eigenvalue weighted by molar-refractivity contribution is 5.85. The van der Waals surface area contributed by atoms with Gasteiger partial charge in [0.2, 0.25) is 5.91 Å². The summed E-state index contributed by atoms with van der Waals surface area (Å²) in [5.74, 6) is -1.29. The molecule has 28 heavy (non-hydrogen) atoms. The third-order valence-electron chi connectivity index (χ3n) is 5.20. The maximum absolute atomic E-state index is 12.6. The molecule has 2 aromatic rings. The van der Waals surface area contributed by atoms with Gasteiger partial charge >= 0.3 is 5.97 Å². The molecule has 2 aromatic carbocycles. The van der Waals surface area contributed by atoms with Crippen molar-refractivity contribution in [2.75, 3.05) is 25.0 Å². The van der Waals surface area contributed by atoms with Gasteiger partial charge in [-0.05, 0) is 24.1 Å². The minimum Gasteiger partial charge on any atom is -0.480 e. The first-order valence-corrected chi connectivity index (χ1v) is 9.53. The molecule has 0 saturated heterocycles.